The number of carbonyl (C=O) groups excluding carboxylic acids is 1. The SMILES string of the molecule is CC1=CC(=O)NSO1. The van der Waals surface area contributed by atoms with Crippen LogP contribution < -0.4 is 4.72 Å². The molecular formula is C4H5NO2S. The topological polar surface area (TPSA) is 38.3 Å². The maximum atomic E-state index is 10.4. The number of allylic oxidation sites excluding steroid dienone is 1. The van der Waals surface area contributed by atoms with E-state index in [2.05, 4.69) is 4.72 Å². The maximum absolute atomic E-state index is 10.4. The van der Waals surface area contributed by atoms with Gasteiger partial charge in [0.1, 0.15) is 5.76 Å². The normalized spacial score (nSPS) is 18.6. The average molecular weight is 131 g/mol. The van der Waals surface area contributed by atoms with Gasteiger partial charge < -0.3 is 4.18 Å². The van der Waals surface area contributed by atoms with E-state index in [0.29, 0.717) is 5.76 Å². The van der Waals surface area contributed by atoms with E-state index >= 15 is 0 Å². The Hall–Kier alpha value is -0.640. The van der Waals surface area contributed by atoms with Gasteiger partial charge in [-0.15, -0.1) is 0 Å². The Morgan fingerprint density at radius 2 is 2.62 bits per heavy atom. The lowest BCUT2D eigenvalue weighted by atomic mass is 10.5. The lowest BCUT2D eigenvalue weighted by Crippen LogP contribution is -2.17. The first-order chi connectivity index (χ1) is 3.79. The number of hydrogen-bond donors (Lipinski definition) is 1. The number of nitrogens with one attached hydrogen (secondary N) is 1. The number of hydrogen-bond acceptors (Lipinski definition) is 3. The summed E-state index contributed by atoms with van der Waals surface area (Å²) in [5.41, 5.74) is 0. The van der Waals surface area contributed by atoms with Crippen molar-refractivity contribution in [3.05, 3.63) is 11.8 Å². The Morgan fingerprint density at radius 1 is 1.88 bits per heavy atom. The molecule has 0 saturated heterocycles. The largest absolute Gasteiger partial charge is 0.410 e. The van der Waals surface area contributed by atoms with Crippen LogP contribution in [0.1, 0.15) is 6.92 Å². The average Bonchev–Trinajstić information content (AvgIpc) is 1.64. The minimum Gasteiger partial charge on any atom is -0.410 e. The fourth-order valence-corrected chi connectivity index (χ4v) is 0.728. The van der Waals surface area contributed by atoms with Crippen molar-refractivity contribution in [3.8, 4) is 0 Å². The molecule has 0 fully saturated rings. The fourth-order valence-electron chi connectivity index (χ4n) is 0.366. The second kappa shape index (κ2) is 2.09. The zero-order chi connectivity index (χ0) is 5.98. The molecule has 44 valence electrons. The highest BCUT2D eigenvalue weighted by Crippen LogP contribution is 2.10. The molecule has 0 aromatic heterocycles. The summed E-state index contributed by atoms with van der Waals surface area (Å²) in [5, 5.41) is 0. The van der Waals surface area contributed by atoms with E-state index in [9.17, 15) is 4.79 Å². The van der Waals surface area contributed by atoms with Crippen LogP contribution >= 0.6 is 12.2 Å². The summed E-state index contributed by atoms with van der Waals surface area (Å²) in [5.74, 6) is 0.525. The van der Waals surface area contributed by atoms with Crippen molar-refractivity contribution in [2.24, 2.45) is 0 Å². The monoisotopic (exact) mass is 131 g/mol. The summed E-state index contributed by atoms with van der Waals surface area (Å²) >= 11 is 0.943. The molecular weight excluding hydrogens is 126 g/mol. The van der Waals surface area contributed by atoms with Crippen molar-refractivity contribution < 1.29 is 8.98 Å². The van der Waals surface area contributed by atoms with Crippen LogP contribution in [-0.2, 0) is 8.98 Å². The molecule has 1 aliphatic heterocycles. The highest BCUT2D eigenvalue weighted by Gasteiger charge is 2.05. The van der Waals surface area contributed by atoms with Crippen molar-refractivity contribution in [2.75, 3.05) is 0 Å². The minimum absolute atomic E-state index is 0.112. The zero-order valence-electron chi connectivity index (χ0n) is 4.30. The van der Waals surface area contributed by atoms with Gasteiger partial charge in [-0.2, -0.15) is 0 Å². The van der Waals surface area contributed by atoms with Crippen molar-refractivity contribution in [1.82, 2.24) is 4.72 Å². The standard InChI is InChI=1S/C4H5NO2S/c1-3-2-4(6)5-8-7-3/h2H,1H3,(H,5,6). The number of amides is 1. The van der Waals surface area contributed by atoms with Crippen LogP contribution in [0.5, 0.6) is 0 Å². The van der Waals surface area contributed by atoms with E-state index < -0.39 is 0 Å². The fraction of sp³-hybridized carbons (Fsp3) is 0.250. The zero-order valence-corrected chi connectivity index (χ0v) is 5.12. The summed E-state index contributed by atoms with van der Waals surface area (Å²) in [6, 6.07) is 0. The molecule has 1 amide bonds. The van der Waals surface area contributed by atoms with Gasteiger partial charge in [-0.25, -0.2) is 0 Å². The van der Waals surface area contributed by atoms with E-state index in [1.54, 1.807) is 6.92 Å². The van der Waals surface area contributed by atoms with E-state index in [1.807, 2.05) is 0 Å². The smallest absolute Gasteiger partial charge is 0.259 e. The van der Waals surface area contributed by atoms with Crippen LogP contribution in [-0.4, -0.2) is 5.91 Å². The van der Waals surface area contributed by atoms with Gasteiger partial charge in [0.25, 0.3) is 5.91 Å². The van der Waals surface area contributed by atoms with Gasteiger partial charge in [0.05, 0.1) is 0 Å². The van der Waals surface area contributed by atoms with Crippen LogP contribution in [0.15, 0.2) is 11.8 Å². The Labute approximate surface area is 51.4 Å². The van der Waals surface area contributed by atoms with Gasteiger partial charge in [-0.3, -0.25) is 9.52 Å². The molecule has 0 bridgehead atoms. The Morgan fingerprint density at radius 3 is 3.00 bits per heavy atom. The predicted molar refractivity (Wildman–Crippen MR) is 30.6 cm³/mol. The summed E-state index contributed by atoms with van der Waals surface area (Å²) < 4.78 is 7.19. The van der Waals surface area contributed by atoms with Crippen molar-refractivity contribution in [1.29, 1.82) is 0 Å². The summed E-state index contributed by atoms with van der Waals surface area (Å²) in [7, 11) is 0. The predicted octanol–water partition coefficient (Wildman–Crippen LogP) is 0.600. The molecule has 4 heteroatoms. The molecule has 0 spiro atoms. The van der Waals surface area contributed by atoms with Gasteiger partial charge in [-0.1, -0.05) is 0 Å². The third-order valence-corrected chi connectivity index (χ3v) is 1.28. The van der Waals surface area contributed by atoms with Crippen LogP contribution in [0.2, 0.25) is 0 Å². The van der Waals surface area contributed by atoms with Crippen LogP contribution in [0.4, 0.5) is 0 Å². The Balaban J connectivity index is 2.64. The number of carbonyl (C=O) groups is 1. The molecule has 3 nitrogen and oxygen atoms in total. The highest BCUT2D eigenvalue weighted by molar-refractivity contribution is 7.93. The van der Waals surface area contributed by atoms with Crippen molar-refractivity contribution in [3.63, 3.8) is 0 Å². The summed E-state index contributed by atoms with van der Waals surface area (Å²) in [6.07, 6.45) is 1.40. The third kappa shape index (κ3) is 1.16. The second-order valence-electron chi connectivity index (χ2n) is 1.39. The molecule has 8 heavy (non-hydrogen) atoms. The minimum atomic E-state index is -0.112. The molecule has 1 rings (SSSR count). The Bertz CT molecular complexity index is 143. The van der Waals surface area contributed by atoms with E-state index in [-0.39, 0.29) is 5.91 Å². The molecule has 0 aromatic carbocycles. The Kier molecular flexibility index (Phi) is 1.43. The molecule has 0 radical (unpaired) electrons. The van der Waals surface area contributed by atoms with Gasteiger partial charge >= 0.3 is 0 Å². The maximum Gasteiger partial charge on any atom is 0.259 e. The highest BCUT2D eigenvalue weighted by atomic mass is 32.2. The van der Waals surface area contributed by atoms with E-state index in [4.69, 9.17) is 4.18 Å². The van der Waals surface area contributed by atoms with Crippen LogP contribution in [0.3, 0.4) is 0 Å². The first-order valence-corrected chi connectivity index (χ1v) is 2.85. The van der Waals surface area contributed by atoms with Crippen LogP contribution in [0, 0.1) is 0 Å². The molecule has 0 atom stereocenters. The van der Waals surface area contributed by atoms with Gasteiger partial charge in [0.15, 0.2) is 12.2 Å². The molecule has 1 aliphatic rings. The lowest BCUT2D eigenvalue weighted by molar-refractivity contribution is -0.115. The van der Waals surface area contributed by atoms with Gasteiger partial charge in [-0.05, 0) is 6.92 Å². The second-order valence-corrected chi connectivity index (χ2v) is 1.93. The molecule has 0 saturated carbocycles. The van der Waals surface area contributed by atoms with E-state index in [0.717, 1.165) is 12.2 Å². The first-order valence-electron chi connectivity index (χ1n) is 2.11. The number of rotatable bonds is 0. The van der Waals surface area contributed by atoms with Gasteiger partial charge in [0.2, 0.25) is 0 Å². The quantitative estimate of drug-likeness (QED) is 0.386. The third-order valence-electron chi connectivity index (χ3n) is 0.650. The van der Waals surface area contributed by atoms with Crippen molar-refractivity contribution in [2.45, 2.75) is 6.92 Å². The van der Waals surface area contributed by atoms with Crippen LogP contribution in [0.25, 0.3) is 0 Å². The summed E-state index contributed by atoms with van der Waals surface area (Å²) in [6.45, 7) is 1.73. The summed E-state index contributed by atoms with van der Waals surface area (Å²) in [4.78, 5) is 10.4. The molecule has 1 heterocycles. The molecule has 0 aliphatic carbocycles. The molecule has 1 N–H and O–H groups in total. The molecule has 0 unspecified atom stereocenters. The lowest BCUT2D eigenvalue weighted by Gasteiger charge is -2.07. The first kappa shape index (κ1) is 5.50. The van der Waals surface area contributed by atoms with E-state index in [1.165, 1.54) is 6.08 Å². The van der Waals surface area contributed by atoms with Crippen molar-refractivity contribution >= 4 is 18.1 Å². The van der Waals surface area contributed by atoms with Gasteiger partial charge in [0, 0.05) is 6.08 Å². The molecule has 0 aromatic rings.